The van der Waals surface area contributed by atoms with E-state index in [0.717, 1.165) is 11.1 Å². The van der Waals surface area contributed by atoms with Crippen LogP contribution in [0.3, 0.4) is 0 Å². The van der Waals surface area contributed by atoms with Crippen LogP contribution in [0.5, 0.6) is 0 Å². The molecule has 1 aliphatic heterocycles. The van der Waals surface area contributed by atoms with Crippen LogP contribution in [-0.4, -0.2) is 31.7 Å². The van der Waals surface area contributed by atoms with Gasteiger partial charge < -0.3 is 5.73 Å². The first-order chi connectivity index (χ1) is 9.32. The van der Waals surface area contributed by atoms with Gasteiger partial charge in [-0.3, -0.25) is 4.79 Å². The molecule has 1 aliphatic rings. The fourth-order valence-electron chi connectivity index (χ4n) is 2.62. The molecule has 1 aromatic rings. The van der Waals surface area contributed by atoms with Gasteiger partial charge in [-0.1, -0.05) is 17.7 Å². The largest absolute Gasteiger partial charge is 0.369 e. The number of sulfonamides is 1. The molecule has 0 aromatic heterocycles. The topological polar surface area (TPSA) is 80.5 Å². The van der Waals surface area contributed by atoms with Gasteiger partial charge in [0.05, 0.1) is 10.8 Å². The summed E-state index contributed by atoms with van der Waals surface area (Å²) in [5, 5.41) is 0. The zero-order chi connectivity index (χ0) is 14.9. The van der Waals surface area contributed by atoms with E-state index in [9.17, 15) is 13.2 Å². The van der Waals surface area contributed by atoms with Gasteiger partial charge in [-0.15, -0.1) is 0 Å². The summed E-state index contributed by atoms with van der Waals surface area (Å²) in [6.07, 6.45) is 1.33. The van der Waals surface area contributed by atoms with E-state index in [1.54, 1.807) is 19.1 Å². The maximum atomic E-state index is 12.7. The minimum absolute atomic E-state index is 0.185. The van der Waals surface area contributed by atoms with Crippen molar-refractivity contribution in [2.75, 3.05) is 13.1 Å². The van der Waals surface area contributed by atoms with Crippen LogP contribution >= 0.6 is 0 Å². The molecule has 0 spiro atoms. The molecule has 1 saturated heterocycles. The number of carbonyl (C=O) groups excluding carboxylic acids is 1. The second kappa shape index (κ2) is 5.54. The van der Waals surface area contributed by atoms with Crippen LogP contribution in [0.15, 0.2) is 23.1 Å². The van der Waals surface area contributed by atoms with Crippen molar-refractivity contribution in [2.24, 2.45) is 11.7 Å². The Bertz CT molecular complexity index is 625. The Morgan fingerprint density at radius 1 is 1.35 bits per heavy atom. The molecule has 5 nitrogen and oxygen atoms in total. The van der Waals surface area contributed by atoms with E-state index < -0.39 is 15.9 Å². The van der Waals surface area contributed by atoms with Crippen molar-refractivity contribution >= 4 is 15.9 Å². The Hall–Kier alpha value is -1.40. The van der Waals surface area contributed by atoms with Crippen molar-refractivity contribution < 1.29 is 13.2 Å². The standard InChI is InChI=1S/C14H20N2O3S/c1-10-5-6-13(11(2)8-10)20(18,19)16-7-3-4-12(9-16)14(15)17/h5-6,8,12H,3-4,7,9H2,1-2H3,(H2,15,17)/t12-/m0/s1. The summed E-state index contributed by atoms with van der Waals surface area (Å²) in [4.78, 5) is 11.6. The lowest BCUT2D eigenvalue weighted by molar-refractivity contribution is -0.122. The lowest BCUT2D eigenvalue weighted by atomic mass is 9.99. The summed E-state index contributed by atoms with van der Waals surface area (Å²) in [5.74, 6) is -0.810. The molecular formula is C14H20N2O3S. The summed E-state index contributed by atoms with van der Waals surface area (Å²) in [5.41, 5.74) is 7.05. The number of amides is 1. The summed E-state index contributed by atoms with van der Waals surface area (Å²) < 4.78 is 26.7. The van der Waals surface area contributed by atoms with Crippen LogP contribution in [0.4, 0.5) is 0 Å². The molecule has 2 N–H and O–H groups in total. The van der Waals surface area contributed by atoms with Crippen LogP contribution < -0.4 is 5.73 Å². The predicted molar refractivity (Wildman–Crippen MR) is 76.6 cm³/mol. The molecule has 0 radical (unpaired) electrons. The predicted octanol–water partition coefficient (Wildman–Crippen LogP) is 1.19. The van der Waals surface area contributed by atoms with E-state index in [4.69, 9.17) is 5.73 Å². The van der Waals surface area contributed by atoms with Gasteiger partial charge in [0.25, 0.3) is 0 Å². The van der Waals surface area contributed by atoms with Crippen molar-refractivity contribution in [1.29, 1.82) is 0 Å². The minimum Gasteiger partial charge on any atom is -0.369 e. The molecule has 1 atom stereocenters. The molecule has 1 fully saturated rings. The first-order valence-electron chi connectivity index (χ1n) is 6.69. The Labute approximate surface area is 119 Å². The first kappa shape index (κ1) is 15.0. The average molecular weight is 296 g/mol. The van der Waals surface area contributed by atoms with Crippen LogP contribution in [0.1, 0.15) is 24.0 Å². The van der Waals surface area contributed by atoms with Crippen molar-refractivity contribution in [3.05, 3.63) is 29.3 Å². The van der Waals surface area contributed by atoms with Crippen molar-refractivity contribution in [2.45, 2.75) is 31.6 Å². The van der Waals surface area contributed by atoms with Gasteiger partial charge in [-0.2, -0.15) is 4.31 Å². The normalized spacial score (nSPS) is 20.8. The maximum Gasteiger partial charge on any atom is 0.243 e. The Kier molecular flexibility index (Phi) is 4.15. The molecule has 1 aromatic carbocycles. The smallest absolute Gasteiger partial charge is 0.243 e. The third kappa shape index (κ3) is 2.86. The third-order valence-corrected chi connectivity index (χ3v) is 5.76. The molecule has 0 unspecified atom stereocenters. The summed E-state index contributed by atoms with van der Waals surface area (Å²) >= 11 is 0. The van der Waals surface area contributed by atoms with Crippen LogP contribution in [0.25, 0.3) is 0 Å². The molecule has 1 heterocycles. The van der Waals surface area contributed by atoms with E-state index in [2.05, 4.69) is 0 Å². The van der Waals surface area contributed by atoms with Crippen molar-refractivity contribution in [3.63, 3.8) is 0 Å². The highest BCUT2D eigenvalue weighted by Gasteiger charge is 2.33. The summed E-state index contributed by atoms with van der Waals surface area (Å²) in [6.45, 7) is 4.34. The zero-order valence-corrected chi connectivity index (χ0v) is 12.6. The maximum absolute atomic E-state index is 12.7. The molecule has 0 aliphatic carbocycles. The SMILES string of the molecule is Cc1ccc(S(=O)(=O)N2CCC[C@H](C(N)=O)C2)c(C)c1. The number of nitrogens with zero attached hydrogens (tertiary/aromatic N) is 1. The van der Waals surface area contributed by atoms with E-state index in [0.29, 0.717) is 24.3 Å². The summed E-state index contributed by atoms with van der Waals surface area (Å²) in [6, 6.07) is 5.27. The van der Waals surface area contributed by atoms with E-state index >= 15 is 0 Å². The van der Waals surface area contributed by atoms with Crippen LogP contribution in [0, 0.1) is 19.8 Å². The molecule has 1 amide bonds. The summed E-state index contributed by atoms with van der Waals surface area (Å²) in [7, 11) is -3.55. The number of primary amides is 1. The number of aryl methyl sites for hydroxylation is 2. The number of hydrogen-bond acceptors (Lipinski definition) is 3. The highest BCUT2D eigenvalue weighted by Crippen LogP contribution is 2.26. The Morgan fingerprint density at radius 3 is 2.65 bits per heavy atom. The van der Waals surface area contributed by atoms with E-state index in [1.807, 2.05) is 13.0 Å². The van der Waals surface area contributed by atoms with E-state index in [-0.39, 0.29) is 12.5 Å². The second-order valence-corrected chi connectivity index (χ2v) is 7.28. The number of hydrogen-bond donors (Lipinski definition) is 1. The van der Waals surface area contributed by atoms with Crippen LogP contribution in [0.2, 0.25) is 0 Å². The Morgan fingerprint density at radius 2 is 2.05 bits per heavy atom. The zero-order valence-electron chi connectivity index (χ0n) is 11.8. The van der Waals surface area contributed by atoms with Gasteiger partial charge >= 0.3 is 0 Å². The molecule has 110 valence electrons. The fourth-order valence-corrected chi connectivity index (χ4v) is 4.35. The first-order valence-corrected chi connectivity index (χ1v) is 8.13. The average Bonchev–Trinajstić information content (AvgIpc) is 2.38. The van der Waals surface area contributed by atoms with Gasteiger partial charge in [-0.05, 0) is 38.3 Å². The highest BCUT2D eigenvalue weighted by molar-refractivity contribution is 7.89. The monoisotopic (exact) mass is 296 g/mol. The molecular weight excluding hydrogens is 276 g/mol. The lowest BCUT2D eigenvalue weighted by Gasteiger charge is -2.30. The second-order valence-electron chi connectivity index (χ2n) is 5.37. The minimum atomic E-state index is -3.55. The molecule has 0 saturated carbocycles. The lowest BCUT2D eigenvalue weighted by Crippen LogP contribution is -2.44. The number of nitrogens with two attached hydrogens (primary N) is 1. The highest BCUT2D eigenvalue weighted by atomic mass is 32.2. The van der Waals surface area contributed by atoms with Gasteiger partial charge in [0.1, 0.15) is 0 Å². The van der Waals surface area contributed by atoms with Gasteiger partial charge in [0.2, 0.25) is 15.9 Å². The molecule has 20 heavy (non-hydrogen) atoms. The number of carbonyl (C=O) groups is 1. The van der Waals surface area contributed by atoms with E-state index in [1.165, 1.54) is 4.31 Å². The third-order valence-electron chi connectivity index (χ3n) is 3.73. The number of benzene rings is 1. The number of rotatable bonds is 3. The Balaban J connectivity index is 2.32. The van der Waals surface area contributed by atoms with Gasteiger partial charge in [0, 0.05) is 13.1 Å². The molecule has 6 heteroatoms. The van der Waals surface area contributed by atoms with Crippen LogP contribution in [-0.2, 0) is 14.8 Å². The number of piperidine rings is 1. The van der Waals surface area contributed by atoms with Crippen molar-refractivity contribution in [3.8, 4) is 0 Å². The van der Waals surface area contributed by atoms with Gasteiger partial charge in [0.15, 0.2) is 0 Å². The van der Waals surface area contributed by atoms with Gasteiger partial charge in [-0.25, -0.2) is 8.42 Å². The fraction of sp³-hybridized carbons (Fsp3) is 0.500. The molecule has 2 rings (SSSR count). The molecule has 0 bridgehead atoms. The quantitative estimate of drug-likeness (QED) is 0.909. The van der Waals surface area contributed by atoms with Crippen molar-refractivity contribution in [1.82, 2.24) is 4.31 Å².